The van der Waals surface area contributed by atoms with Gasteiger partial charge in [0.05, 0.1) is 23.9 Å². The fourth-order valence-electron chi connectivity index (χ4n) is 2.10. The lowest BCUT2D eigenvalue weighted by atomic mass is 10.0. The zero-order valence-corrected chi connectivity index (χ0v) is 12.3. The molecule has 1 heterocycles. The molecule has 0 aliphatic heterocycles. The van der Waals surface area contributed by atoms with Crippen LogP contribution >= 0.6 is 11.3 Å². The maximum Gasteiger partial charge on any atom is 0.121 e. The molecule has 4 nitrogen and oxygen atoms in total. The van der Waals surface area contributed by atoms with Crippen molar-refractivity contribution in [3.05, 3.63) is 45.4 Å². The molecular formula is C14H19N3OS. The molecule has 2 aromatic rings. The lowest BCUT2D eigenvalue weighted by Crippen LogP contribution is -2.29. The normalized spacial score (nSPS) is 12.4. The van der Waals surface area contributed by atoms with Crippen LogP contribution in [0.1, 0.15) is 27.9 Å². The van der Waals surface area contributed by atoms with Crippen LogP contribution in [0.2, 0.25) is 0 Å². The highest BCUT2D eigenvalue weighted by Crippen LogP contribution is 2.24. The summed E-state index contributed by atoms with van der Waals surface area (Å²) in [5.74, 6) is 6.57. The van der Waals surface area contributed by atoms with E-state index in [-0.39, 0.29) is 6.04 Å². The van der Waals surface area contributed by atoms with Gasteiger partial charge in [0.1, 0.15) is 5.75 Å². The van der Waals surface area contributed by atoms with E-state index in [4.69, 9.17) is 10.6 Å². The third-order valence-corrected chi connectivity index (χ3v) is 3.92. The summed E-state index contributed by atoms with van der Waals surface area (Å²) < 4.78 is 5.27. The van der Waals surface area contributed by atoms with E-state index in [1.807, 2.05) is 26.0 Å². The number of rotatable bonds is 5. The van der Waals surface area contributed by atoms with Gasteiger partial charge in [0.15, 0.2) is 0 Å². The van der Waals surface area contributed by atoms with Gasteiger partial charge in [-0.15, -0.1) is 11.3 Å². The summed E-state index contributed by atoms with van der Waals surface area (Å²) in [4.78, 5) is 4.48. The average Bonchev–Trinajstić information content (AvgIpc) is 2.81. The minimum Gasteiger partial charge on any atom is -0.496 e. The summed E-state index contributed by atoms with van der Waals surface area (Å²) >= 11 is 1.66. The van der Waals surface area contributed by atoms with Crippen LogP contribution < -0.4 is 16.0 Å². The van der Waals surface area contributed by atoms with Crippen LogP contribution in [0.5, 0.6) is 5.75 Å². The van der Waals surface area contributed by atoms with Crippen molar-refractivity contribution in [1.29, 1.82) is 0 Å². The summed E-state index contributed by atoms with van der Waals surface area (Å²) in [6.07, 6.45) is 0.784. The van der Waals surface area contributed by atoms with Gasteiger partial charge in [0.25, 0.3) is 0 Å². The van der Waals surface area contributed by atoms with Crippen LogP contribution in [0.3, 0.4) is 0 Å². The highest BCUT2D eigenvalue weighted by atomic mass is 32.1. The van der Waals surface area contributed by atoms with E-state index in [1.54, 1.807) is 18.4 Å². The molecule has 0 fully saturated rings. The van der Waals surface area contributed by atoms with Crippen LogP contribution in [-0.2, 0) is 6.42 Å². The van der Waals surface area contributed by atoms with Gasteiger partial charge >= 0.3 is 0 Å². The molecule has 1 aromatic heterocycles. The van der Waals surface area contributed by atoms with E-state index in [1.165, 1.54) is 0 Å². The predicted molar refractivity (Wildman–Crippen MR) is 78.4 cm³/mol. The lowest BCUT2D eigenvalue weighted by molar-refractivity contribution is 0.411. The van der Waals surface area contributed by atoms with E-state index < -0.39 is 0 Å². The number of aryl methyl sites for hydroxylation is 2. The molecule has 102 valence electrons. The second-order valence-electron chi connectivity index (χ2n) is 4.51. The molecule has 0 saturated heterocycles. The largest absolute Gasteiger partial charge is 0.496 e. The monoisotopic (exact) mass is 277 g/mol. The van der Waals surface area contributed by atoms with Gasteiger partial charge in [0.2, 0.25) is 0 Å². The van der Waals surface area contributed by atoms with E-state index in [0.29, 0.717) is 0 Å². The van der Waals surface area contributed by atoms with E-state index in [0.717, 1.165) is 34.0 Å². The molecule has 0 aliphatic rings. The van der Waals surface area contributed by atoms with E-state index >= 15 is 0 Å². The highest BCUT2D eigenvalue weighted by Gasteiger charge is 2.13. The summed E-state index contributed by atoms with van der Waals surface area (Å²) in [6, 6.07) is 6.17. The van der Waals surface area contributed by atoms with Gasteiger partial charge in [0, 0.05) is 11.8 Å². The minimum absolute atomic E-state index is 0.0612. The maximum atomic E-state index is 5.67. The molecule has 3 N–H and O–H groups in total. The Morgan fingerprint density at radius 2 is 2.21 bits per heavy atom. The summed E-state index contributed by atoms with van der Waals surface area (Å²) in [5.41, 5.74) is 6.18. The Morgan fingerprint density at radius 3 is 2.74 bits per heavy atom. The van der Waals surface area contributed by atoms with Gasteiger partial charge < -0.3 is 4.74 Å². The van der Waals surface area contributed by atoms with Crippen molar-refractivity contribution < 1.29 is 4.74 Å². The molecule has 0 aliphatic carbocycles. The van der Waals surface area contributed by atoms with Crippen molar-refractivity contribution in [2.24, 2.45) is 5.84 Å². The molecular weight excluding hydrogens is 258 g/mol. The number of nitrogens with one attached hydrogen (secondary N) is 1. The zero-order valence-electron chi connectivity index (χ0n) is 11.4. The zero-order chi connectivity index (χ0) is 13.8. The lowest BCUT2D eigenvalue weighted by Gasteiger charge is -2.16. The van der Waals surface area contributed by atoms with Crippen molar-refractivity contribution >= 4 is 11.3 Å². The van der Waals surface area contributed by atoms with Crippen molar-refractivity contribution in [3.8, 4) is 5.75 Å². The Kier molecular flexibility index (Phi) is 4.52. The smallest absolute Gasteiger partial charge is 0.121 e. The second kappa shape index (κ2) is 6.14. The quantitative estimate of drug-likeness (QED) is 0.651. The number of benzene rings is 1. The molecule has 0 radical (unpaired) electrons. The van der Waals surface area contributed by atoms with Crippen molar-refractivity contribution in [3.63, 3.8) is 0 Å². The Hall–Kier alpha value is -1.43. The first-order valence-electron chi connectivity index (χ1n) is 6.15. The minimum atomic E-state index is 0.0612. The first kappa shape index (κ1) is 14.0. The van der Waals surface area contributed by atoms with E-state index in [2.05, 4.69) is 21.9 Å². The van der Waals surface area contributed by atoms with Crippen molar-refractivity contribution in [2.75, 3.05) is 7.11 Å². The van der Waals surface area contributed by atoms with Gasteiger partial charge in [-0.1, -0.05) is 12.1 Å². The number of hydrogen-bond donors (Lipinski definition) is 2. The molecule has 0 saturated carbocycles. The topological polar surface area (TPSA) is 60.2 Å². The molecule has 1 atom stereocenters. The highest BCUT2D eigenvalue weighted by molar-refractivity contribution is 7.09. The van der Waals surface area contributed by atoms with Gasteiger partial charge in [-0.2, -0.15) is 0 Å². The summed E-state index contributed by atoms with van der Waals surface area (Å²) in [5, 5.41) is 3.16. The van der Waals surface area contributed by atoms with Crippen LogP contribution in [0, 0.1) is 13.8 Å². The molecule has 0 bridgehead atoms. The number of ether oxygens (including phenoxy) is 1. The van der Waals surface area contributed by atoms with Crippen LogP contribution in [0.25, 0.3) is 0 Å². The van der Waals surface area contributed by atoms with Crippen molar-refractivity contribution in [1.82, 2.24) is 10.4 Å². The van der Waals surface area contributed by atoms with Crippen LogP contribution in [-0.4, -0.2) is 12.1 Å². The molecule has 2 rings (SSSR count). The fourth-order valence-corrected chi connectivity index (χ4v) is 2.73. The summed E-state index contributed by atoms with van der Waals surface area (Å²) in [6.45, 7) is 4.04. The average molecular weight is 277 g/mol. The number of hydrazine groups is 1. The Morgan fingerprint density at radius 1 is 1.42 bits per heavy atom. The molecule has 0 spiro atoms. The number of aromatic nitrogens is 1. The van der Waals surface area contributed by atoms with Gasteiger partial charge in [-0.05, 0) is 31.0 Å². The maximum absolute atomic E-state index is 5.67. The first-order valence-corrected chi connectivity index (χ1v) is 7.03. The molecule has 19 heavy (non-hydrogen) atoms. The number of nitrogens with zero attached hydrogens (tertiary/aromatic N) is 1. The fraction of sp³-hybridized carbons (Fsp3) is 0.357. The molecule has 1 aromatic carbocycles. The molecule has 5 heteroatoms. The molecule has 0 amide bonds. The van der Waals surface area contributed by atoms with E-state index in [9.17, 15) is 0 Å². The Bertz CT molecular complexity index is 553. The number of thiazole rings is 1. The first-order chi connectivity index (χ1) is 9.13. The Labute approximate surface area is 117 Å². The van der Waals surface area contributed by atoms with Gasteiger partial charge in [-0.3, -0.25) is 11.3 Å². The predicted octanol–water partition coefficient (Wildman–Crippen LogP) is 2.52. The number of hydrogen-bond acceptors (Lipinski definition) is 5. The SMILES string of the molecule is COc1ccc(C(Cc2csc(C)n2)NN)cc1C. The van der Waals surface area contributed by atoms with Crippen molar-refractivity contribution in [2.45, 2.75) is 26.3 Å². The number of methoxy groups -OCH3 is 1. The summed E-state index contributed by atoms with van der Waals surface area (Å²) in [7, 11) is 1.68. The second-order valence-corrected chi connectivity index (χ2v) is 5.57. The third kappa shape index (κ3) is 3.32. The van der Waals surface area contributed by atoms with Gasteiger partial charge in [-0.25, -0.2) is 4.98 Å². The third-order valence-electron chi connectivity index (χ3n) is 3.10. The standard InChI is InChI=1S/C14H19N3OS/c1-9-6-11(4-5-14(9)18-3)13(17-15)7-12-8-19-10(2)16-12/h4-6,8,13,17H,7,15H2,1-3H3. The molecule has 1 unspecified atom stereocenters. The van der Waals surface area contributed by atoms with Crippen LogP contribution in [0.4, 0.5) is 0 Å². The Balaban J connectivity index is 2.19. The van der Waals surface area contributed by atoms with Crippen LogP contribution in [0.15, 0.2) is 23.6 Å². The number of nitrogens with two attached hydrogens (primary N) is 1.